The Labute approximate surface area is 149 Å². The predicted octanol–water partition coefficient (Wildman–Crippen LogP) is 3.11. The number of hydrogen-bond acceptors (Lipinski definition) is 4. The van der Waals surface area contributed by atoms with E-state index in [1.807, 2.05) is 0 Å². The fourth-order valence-electron chi connectivity index (χ4n) is 1.66. The van der Waals surface area contributed by atoms with Crippen molar-refractivity contribution >= 4 is 40.9 Å². The third kappa shape index (κ3) is 4.97. The van der Waals surface area contributed by atoms with Gasteiger partial charge in [0, 0.05) is 5.56 Å². The average Bonchev–Trinajstić information content (AvgIpc) is 2.54. The number of carbonyl (C=O) groups excluding carboxylic acids is 2. The molecule has 1 aromatic carbocycles. The molecule has 0 heterocycles. The Hall–Kier alpha value is -2.05. The molecule has 1 aromatic rings. The largest absolute Gasteiger partial charge is 0.482 e. The minimum Gasteiger partial charge on any atom is -0.482 e. The molecule has 0 aliphatic rings. The number of aliphatic carboxylic acids is 1. The molecule has 0 radical (unpaired) electrons. The third-order valence-electron chi connectivity index (χ3n) is 3.15. The molecular weight excluding hydrogens is 357 g/mol. The van der Waals surface area contributed by atoms with Gasteiger partial charge in [-0.25, -0.2) is 0 Å². The number of amides is 1. The SMILES string of the molecule is C=C(CC)C(=O)c1ccc(OCC(=O)N[C@@H](C)C(=O)O)c(Cl)c1Cl. The lowest BCUT2D eigenvalue weighted by molar-refractivity contribution is -0.141. The standard InChI is InChI=1S/C16H17Cl2NO5/c1-4-8(2)15(21)10-5-6-11(14(18)13(10)17)24-7-12(20)19-9(3)16(22)23/h5-6,9H,2,4,7H2,1,3H3,(H,19,20)(H,22,23)/t9-/m0/s1. The highest BCUT2D eigenvalue weighted by molar-refractivity contribution is 6.45. The van der Waals surface area contributed by atoms with E-state index in [2.05, 4.69) is 11.9 Å². The highest BCUT2D eigenvalue weighted by Gasteiger charge is 2.19. The smallest absolute Gasteiger partial charge is 0.325 e. The first kappa shape index (κ1) is 20.0. The topological polar surface area (TPSA) is 92.7 Å². The monoisotopic (exact) mass is 373 g/mol. The molecule has 130 valence electrons. The van der Waals surface area contributed by atoms with Gasteiger partial charge in [0.25, 0.3) is 5.91 Å². The lowest BCUT2D eigenvalue weighted by atomic mass is 10.0. The van der Waals surface area contributed by atoms with Gasteiger partial charge >= 0.3 is 5.97 Å². The molecule has 0 aromatic heterocycles. The van der Waals surface area contributed by atoms with E-state index in [1.165, 1.54) is 19.1 Å². The molecule has 2 N–H and O–H groups in total. The van der Waals surface area contributed by atoms with Crippen molar-refractivity contribution < 1.29 is 24.2 Å². The highest BCUT2D eigenvalue weighted by atomic mass is 35.5. The van der Waals surface area contributed by atoms with Gasteiger partial charge in [-0.1, -0.05) is 36.7 Å². The molecule has 8 heteroatoms. The van der Waals surface area contributed by atoms with Gasteiger partial charge in [-0.05, 0) is 31.1 Å². The number of ether oxygens (including phenoxy) is 1. The second kappa shape index (κ2) is 8.70. The maximum Gasteiger partial charge on any atom is 0.325 e. The van der Waals surface area contributed by atoms with Crippen LogP contribution in [0, 0.1) is 0 Å². The van der Waals surface area contributed by atoms with Crippen molar-refractivity contribution in [2.75, 3.05) is 6.61 Å². The van der Waals surface area contributed by atoms with Crippen LogP contribution in [-0.4, -0.2) is 35.4 Å². The van der Waals surface area contributed by atoms with Crippen molar-refractivity contribution in [2.45, 2.75) is 26.3 Å². The summed E-state index contributed by atoms with van der Waals surface area (Å²) in [5, 5.41) is 10.9. The van der Waals surface area contributed by atoms with Crippen LogP contribution in [0.25, 0.3) is 0 Å². The Balaban J connectivity index is 2.83. The number of halogens is 2. The van der Waals surface area contributed by atoms with E-state index in [9.17, 15) is 14.4 Å². The van der Waals surface area contributed by atoms with Crippen LogP contribution in [-0.2, 0) is 9.59 Å². The van der Waals surface area contributed by atoms with E-state index >= 15 is 0 Å². The number of nitrogens with one attached hydrogen (secondary N) is 1. The molecule has 6 nitrogen and oxygen atoms in total. The Bertz CT molecular complexity index is 687. The molecule has 24 heavy (non-hydrogen) atoms. The van der Waals surface area contributed by atoms with Gasteiger partial charge in [0.15, 0.2) is 12.4 Å². The van der Waals surface area contributed by atoms with E-state index in [0.29, 0.717) is 12.0 Å². The zero-order valence-electron chi connectivity index (χ0n) is 13.2. The molecule has 0 spiro atoms. The average molecular weight is 374 g/mol. The summed E-state index contributed by atoms with van der Waals surface area (Å²) in [4.78, 5) is 34.4. The molecule has 0 saturated carbocycles. The number of benzene rings is 1. The summed E-state index contributed by atoms with van der Waals surface area (Å²) in [5.41, 5.74) is 0.591. The zero-order valence-corrected chi connectivity index (χ0v) is 14.7. The maximum atomic E-state index is 12.1. The van der Waals surface area contributed by atoms with Gasteiger partial charge in [-0.2, -0.15) is 0 Å². The zero-order chi connectivity index (χ0) is 18.4. The number of carboxylic acid groups (broad SMARTS) is 1. The van der Waals surface area contributed by atoms with Gasteiger partial charge < -0.3 is 15.2 Å². The summed E-state index contributed by atoms with van der Waals surface area (Å²) in [6.07, 6.45) is 0.479. The molecule has 0 saturated heterocycles. The van der Waals surface area contributed by atoms with Crippen molar-refractivity contribution in [1.29, 1.82) is 0 Å². The number of rotatable bonds is 8. The fraction of sp³-hybridized carbons (Fsp3) is 0.312. The van der Waals surface area contributed by atoms with Crippen LogP contribution in [0.3, 0.4) is 0 Å². The first-order valence-electron chi connectivity index (χ1n) is 7.04. The normalized spacial score (nSPS) is 11.5. The first-order chi connectivity index (χ1) is 11.2. The molecule has 0 aliphatic heterocycles. The number of hydrogen-bond donors (Lipinski definition) is 2. The van der Waals surface area contributed by atoms with E-state index in [-0.39, 0.29) is 27.1 Å². The van der Waals surface area contributed by atoms with Crippen LogP contribution in [0.5, 0.6) is 5.75 Å². The minimum absolute atomic E-state index is 0.00748. The van der Waals surface area contributed by atoms with Crippen molar-refractivity contribution in [2.24, 2.45) is 0 Å². The quantitative estimate of drug-likeness (QED) is 0.539. The summed E-state index contributed by atoms with van der Waals surface area (Å²) in [5.74, 6) is -2.00. The molecular formula is C16H17Cl2NO5. The molecule has 1 atom stereocenters. The van der Waals surface area contributed by atoms with Crippen LogP contribution >= 0.6 is 23.2 Å². The van der Waals surface area contributed by atoms with E-state index in [0.717, 1.165) is 0 Å². The molecule has 1 rings (SSSR count). The van der Waals surface area contributed by atoms with Gasteiger partial charge in [-0.15, -0.1) is 0 Å². The van der Waals surface area contributed by atoms with Crippen LogP contribution in [0.4, 0.5) is 0 Å². The Morgan fingerprint density at radius 1 is 1.29 bits per heavy atom. The first-order valence-corrected chi connectivity index (χ1v) is 7.80. The second-order valence-electron chi connectivity index (χ2n) is 4.94. The molecule has 0 aliphatic carbocycles. The minimum atomic E-state index is -1.16. The van der Waals surface area contributed by atoms with Gasteiger partial charge in [-0.3, -0.25) is 14.4 Å². The summed E-state index contributed by atoms with van der Waals surface area (Å²) in [6.45, 7) is 6.34. The summed E-state index contributed by atoms with van der Waals surface area (Å²) in [7, 11) is 0. The Kier molecular flexibility index (Phi) is 7.25. The summed E-state index contributed by atoms with van der Waals surface area (Å²) >= 11 is 12.1. The lowest BCUT2D eigenvalue weighted by Gasteiger charge is -2.13. The number of ketones is 1. The molecule has 0 bridgehead atoms. The van der Waals surface area contributed by atoms with E-state index in [4.69, 9.17) is 33.0 Å². The van der Waals surface area contributed by atoms with E-state index < -0.39 is 24.5 Å². The fourth-order valence-corrected chi connectivity index (χ4v) is 2.12. The van der Waals surface area contributed by atoms with Gasteiger partial charge in [0.1, 0.15) is 16.8 Å². The van der Waals surface area contributed by atoms with Crippen molar-refractivity contribution in [3.8, 4) is 5.75 Å². The van der Waals surface area contributed by atoms with E-state index in [1.54, 1.807) is 6.92 Å². The Morgan fingerprint density at radius 2 is 1.92 bits per heavy atom. The number of Topliss-reactive ketones (excluding diaryl/α,β-unsaturated/α-hetero) is 1. The number of carboxylic acids is 1. The number of allylic oxidation sites excluding steroid dienone is 1. The summed E-state index contributed by atoms with van der Waals surface area (Å²) < 4.78 is 5.23. The highest BCUT2D eigenvalue weighted by Crippen LogP contribution is 2.35. The third-order valence-corrected chi connectivity index (χ3v) is 4.01. The van der Waals surface area contributed by atoms with Gasteiger partial charge in [0.2, 0.25) is 0 Å². The van der Waals surface area contributed by atoms with Crippen molar-refractivity contribution in [1.82, 2.24) is 5.32 Å². The van der Waals surface area contributed by atoms with Crippen LogP contribution in [0.2, 0.25) is 10.0 Å². The second-order valence-corrected chi connectivity index (χ2v) is 5.70. The van der Waals surface area contributed by atoms with Gasteiger partial charge in [0.05, 0.1) is 5.02 Å². The van der Waals surface area contributed by atoms with Crippen molar-refractivity contribution in [3.05, 3.63) is 39.9 Å². The van der Waals surface area contributed by atoms with Crippen LogP contribution in [0.1, 0.15) is 30.6 Å². The maximum absolute atomic E-state index is 12.1. The molecule has 0 unspecified atom stereocenters. The number of carbonyl (C=O) groups is 3. The Morgan fingerprint density at radius 3 is 2.46 bits per heavy atom. The lowest BCUT2D eigenvalue weighted by Crippen LogP contribution is -2.40. The van der Waals surface area contributed by atoms with Crippen LogP contribution < -0.4 is 10.1 Å². The van der Waals surface area contributed by atoms with Crippen molar-refractivity contribution in [3.63, 3.8) is 0 Å². The molecule has 0 fully saturated rings. The van der Waals surface area contributed by atoms with Crippen LogP contribution in [0.15, 0.2) is 24.3 Å². The predicted molar refractivity (Wildman–Crippen MR) is 91.0 cm³/mol. The molecule has 1 amide bonds. The summed E-state index contributed by atoms with van der Waals surface area (Å²) in [6, 6.07) is 1.81.